The SMILES string of the molecule is NC[C@H]1CC[C@H](NCc2c[nH]c3ncc4nncn4c23)CC1. The van der Waals surface area contributed by atoms with Gasteiger partial charge in [0.25, 0.3) is 0 Å². The van der Waals surface area contributed by atoms with E-state index in [0.29, 0.717) is 12.0 Å². The van der Waals surface area contributed by atoms with Crippen LogP contribution < -0.4 is 11.1 Å². The van der Waals surface area contributed by atoms with Crippen LogP contribution in [0.2, 0.25) is 0 Å². The molecule has 0 bridgehead atoms. The van der Waals surface area contributed by atoms with Crippen molar-refractivity contribution in [3.05, 3.63) is 24.3 Å². The Bertz CT molecular complexity index is 766. The van der Waals surface area contributed by atoms with Crippen LogP contribution in [0.5, 0.6) is 0 Å². The van der Waals surface area contributed by atoms with E-state index in [1.165, 1.54) is 31.2 Å². The lowest BCUT2D eigenvalue weighted by atomic mass is 9.86. The van der Waals surface area contributed by atoms with Gasteiger partial charge in [0.2, 0.25) is 0 Å². The maximum atomic E-state index is 5.76. The van der Waals surface area contributed by atoms with E-state index in [2.05, 4.69) is 25.5 Å². The lowest BCUT2D eigenvalue weighted by molar-refractivity contribution is 0.296. The molecule has 0 aliphatic heterocycles. The van der Waals surface area contributed by atoms with E-state index >= 15 is 0 Å². The van der Waals surface area contributed by atoms with Gasteiger partial charge in [-0.25, -0.2) is 4.98 Å². The molecule has 0 amide bonds. The summed E-state index contributed by atoms with van der Waals surface area (Å²) < 4.78 is 1.99. The standard InChI is InChI=1S/C15H21N7/c16-5-10-1-3-12(4-2-10)17-6-11-7-18-15-14(11)22-9-20-21-13(22)8-19-15/h7-10,12,17-18H,1-6,16H2/t10-,12-. The maximum Gasteiger partial charge on any atom is 0.179 e. The largest absolute Gasteiger partial charge is 0.345 e. The zero-order valence-corrected chi connectivity index (χ0v) is 12.5. The molecule has 3 aromatic heterocycles. The molecule has 1 aliphatic rings. The van der Waals surface area contributed by atoms with E-state index in [4.69, 9.17) is 5.73 Å². The Morgan fingerprint density at radius 3 is 3.00 bits per heavy atom. The second-order valence-corrected chi connectivity index (χ2v) is 6.16. The molecule has 4 rings (SSSR count). The summed E-state index contributed by atoms with van der Waals surface area (Å²) in [4.78, 5) is 7.63. The van der Waals surface area contributed by atoms with Gasteiger partial charge >= 0.3 is 0 Å². The molecular formula is C15H21N7. The lowest BCUT2D eigenvalue weighted by Crippen LogP contribution is -2.34. The first kappa shape index (κ1) is 13.7. The maximum absolute atomic E-state index is 5.76. The van der Waals surface area contributed by atoms with Crippen molar-refractivity contribution in [1.29, 1.82) is 0 Å². The summed E-state index contributed by atoms with van der Waals surface area (Å²) in [6.45, 7) is 1.66. The number of H-pyrrole nitrogens is 1. The fourth-order valence-electron chi connectivity index (χ4n) is 3.43. The Kier molecular flexibility index (Phi) is 3.51. The topological polar surface area (TPSA) is 96.9 Å². The summed E-state index contributed by atoms with van der Waals surface area (Å²) in [5, 5.41) is 11.7. The highest BCUT2D eigenvalue weighted by Crippen LogP contribution is 2.24. The van der Waals surface area contributed by atoms with Gasteiger partial charge in [-0.05, 0) is 38.1 Å². The Labute approximate surface area is 128 Å². The van der Waals surface area contributed by atoms with E-state index in [0.717, 1.165) is 29.9 Å². The fourth-order valence-corrected chi connectivity index (χ4v) is 3.43. The normalized spacial score (nSPS) is 22.6. The first-order chi connectivity index (χ1) is 10.8. The number of aromatic nitrogens is 5. The minimum atomic E-state index is 0.584. The summed E-state index contributed by atoms with van der Waals surface area (Å²) in [5.41, 5.74) is 9.67. The van der Waals surface area contributed by atoms with Crippen molar-refractivity contribution in [2.24, 2.45) is 11.7 Å². The van der Waals surface area contributed by atoms with E-state index in [-0.39, 0.29) is 0 Å². The third-order valence-corrected chi connectivity index (χ3v) is 4.80. The Morgan fingerprint density at radius 1 is 1.32 bits per heavy atom. The van der Waals surface area contributed by atoms with Crippen molar-refractivity contribution in [2.75, 3.05) is 6.54 Å². The van der Waals surface area contributed by atoms with Crippen molar-refractivity contribution >= 4 is 16.8 Å². The minimum Gasteiger partial charge on any atom is -0.345 e. The van der Waals surface area contributed by atoms with E-state index in [1.807, 2.05) is 10.6 Å². The molecule has 4 N–H and O–H groups in total. The van der Waals surface area contributed by atoms with Crippen LogP contribution in [0.4, 0.5) is 0 Å². The molecule has 1 aliphatic carbocycles. The number of aromatic amines is 1. The molecule has 3 aromatic rings. The molecule has 3 heterocycles. The van der Waals surface area contributed by atoms with Crippen molar-refractivity contribution in [2.45, 2.75) is 38.3 Å². The highest BCUT2D eigenvalue weighted by Gasteiger charge is 2.20. The summed E-state index contributed by atoms with van der Waals surface area (Å²) >= 11 is 0. The molecule has 0 unspecified atom stereocenters. The number of nitrogens with zero attached hydrogens (tertiary/aromatic N) is 4. The molecule has 0 saturated heterocycles. The molecule has 22 heavy (non-hydrogen) atoms. The van der Waals surface area contributed by atoms with Gasteiger partial charge in [0, 0.05) is 24.3 Å². The molecule has 116 valence electrons. The zero-order chi connectivity index (χ0) is 14.9. The smallest absolute Gasteiger partial charge is 0.179 e. The monoisotopic (exact) mass is 299 g/mol. The van der Waals surface area contributed by atoms with E-state index < -0.39 is 0 Å². The number of hydrogen-bond donors (Lipinski definition) is 3. The van der Waals surface area contributed by atoms with Gasteiger partial charge in [0.15, 0.2) is 11.3 Å². The van der Waals surface area contributed by atoms with Gasteiger partial charge in [0.1, 0.15) is 6.33 Å². The highest BCUT2D eigenvalue weighted by molar-refractivity contribution is 5.78. The van der Waals surface area contributed by atoms with Crippen LogP contribution in [0.25, 0.3) is 16.8 Å². The quantitative estimate of drug-likeness (QED) is 0.673. The third-order valence-electron chi connectivity index (χ3n) is 4.80. The van der Waals surface area contributed by atoms with Crippen molar-refractivity contribution < 1.29 is 0 Å². The Balaban J connectivity index is 1.51. The predicted octanol–water partition coefficient (Wildman–Crippen LogP) is 1.21. The second-order valence-electron chi connectivity index (χ2n) is 6.16. The molecule has 1 fully saturated rings. The predicted molar refractivity (Wildman–Crippen MR) is 84.3 cm³/mol. The van der Waals surface area contributed by atoms with Gasteiger partial charge < -0.3 is 16.0 Å². The van der Waals surface area contributed by atoms with Crippen LogP contribution >= 0.6 is 0 Å². The van der Waals surface area contributed by atoms with Crippen LogP contribution in [-0.4, -0.2) is 37.2 Å². The van der Waals surface area contributed by atoms with Crippen LogP contribution in [-0.2, 0) is 6.54 Å². The summed E-state index contributed by atoms with van der Waals surface area (Å²) in [6, 6.07) is 0.584. The Morgan fingerprint density at radius 2 is 2.18 bits per heavy atom. The number of rotatable bonds is 4. The van der Waals surface area contributed by atoms with Crippen molar-refractivity contribution in [3.63, 3.8) is 0 Å². The number of fused-ring (bicyclic) bond motifs is 3. The molecule has 7 nitrogen and oxygen atoms in total. The van der Waals surface area contributed by atoms with Crippen LogP contribution in [0, 0.1) is 5.92 Å². The summed E-state index contributed by atoms with van der Waals surface area (Å²) in [5.74, 6) is 0.715. The van der Waals surface area contributed by atoms with Gasteiger partial charge in [0.05, 0.1) is 11.7 Å². The zero-order valence-electron chi connectivity index (χ0n) is 12.5. The summed E-state index contributed by atoms with van der Waals surface area (Å²) in [6.07, 6.45) is 10.4. The number of nitrogens with one attached hydrogen (secondary N) is 2. The highest BCUT2D eigenvalue weighted by atomic mass is 15.2. The van der Waals surface area contributed by atoms with Crippen molar-refractivity contribution in [3.8, 4) is 0 Å². The minimum absolute atomic E-state index is 0.584. The number of hydrogen-bond acceptors (Lipinski definition) is 5. The van der Waals surface area contributed by atoms with Crippen LogP contribution in [0.15, 0.2) is 18.7 Å². The Hall–Kier alpha value is -1.99. The fraction of sp³-hybridized carbons (Fsp3) is 0.533. The van der Waals surface area contributed by atoms with Gasteiger partial charge in [-0.15, -0.1) is 10.2 Å². The second kappa shape index (κ2) is 5.66. The third kappa shape index (κ3) is 2.36. The first-order valence-electron chi connectivity index (χ1n) is 7.93. The average molecular weight is 299 g/mol. The molecular weight excluding hydrogens is 278 g/mol. The van der Waals surface area contributed by atoms with Gasteiger partial charge in [-0.2, -0.15) is 0 Å². The summed E-state index contributed by atoms with van der Waals surface area (Å²) in [7, 11) is 0. The molecule has 7 heteroatoms. The van der Waals surface area contributed by atoms with Gasteiger partial charge in [-0.3, -0.25) is 4.40 Å². The molecule has 1 saturated carbocycles. The molecule has 0 atom stereocenters. The average Bonchev–Trinajstić information content (AvgIpc) is 3.19. The number of nitrogens with two attached hydrogens (primary N) is 1. The van der Waals surface area contributed by atoms with Gasteiger partial charge in [-0.1, -0.05) is 0 Å². The van der Waals surface area contributed by atoms with E-state index in [1.54, 1.807) is 12.5 Å². The van der Waals surface area contributed by atoms with Crippen LogP contribution in [0.1, 0.15) is 31.2 Å². The lowest BCUT2D eigenvalue weighted by Gasteiger charge is -2.28. The molecule has 0 radical (unpaired) electrons. The first-order valence-corrected chi connectivity index (χ1v) is 7.93. The molecule has 0 spiro atoms. The molecule has 0 aromatic carbocycles. The van der Waals surface area contributed by atoms with Crippen LogP contribution in [0.3, 0.4) is 0 Å². The van der Waals surface area contributed by atoms with Crippen molar-refractivity contribution in [1.82, 2.24) is 29.9 Å². The van der Waals surface area contributed by atoms with E-state index in [9.17, 15) is 0 Å².